The highest BCUT2D eigenvalue weighted by molar-refractivity contribution is 7.99. The molecule has 0 spiro atoms. The van der Waals surface area contributed by atoms with Crippen molar-refractivity contribution in [2.75, 3.05) is 7.05 Å². The van der Waals surface area contributed by atoms with Crippen molar-refractivity contribution in [2.45, 2.75) is 23.3 Å². The van der Waals surface area contributed by atoms with Gasteiger partial charge in [0.25, 0.3) is 0 Å². The Labute approximate surface area is 112 Å². The van der Waals surface area contributed by atoms with E-state index in [1.807, 2.05) is 26.1 Å². The van der Waals surface area contributed by atoms with Crippen LogP contribution in [-0.2, 0) is 6.54 Å². The zero-order valence-electron chi connectivity index (χ0n) is 10.6. The van der Waals surface area contributed by atoms with Crippen molar-refractivity contribution in [1.82, 2.24) is 5.32 Å². The Morgan fingerprint density at radius 1 is 1.17 bits per heavy atom. The minimum absolute atomic E-state index is 0.350. The summed E-state index contributed by atoms with van der Waals surface area (Å²) < 4.78 is 0. The molecular weight excluding hydrogens is 242 g/mol. The number of nitrogens with one attached hydrogen (secondary N) is 1. The third-order valence-electron chi connectivity index (χ3n) is 2.74. The molecule has 2 aromatic rings. The summed E-state index contributed by atoms with van der Waals surface area (Å²) in [6, 6.07) is 14.1. The van der Waals surface area contributed by atoms with E-state index >= 15 is 0 Å². The van der Waals surface area contributed by atoms with Crippen molar-refractivity contribution in [2.24, 2.45) is 0 Å². The van der Waals surface area contributed by atoms with E-state index in [-0.39, 0.29) is 0 Å². The van der Waals surface area contributed by atoms with Crippen LogP contribution in [0.4, 0.5) is 0 Å². The lowest BCUT2D eigenvalue weighted by molar-refractivity contribution is 0.470. The van der Waals surface area contributed by atoms with Gasteiger partial charge >= 0.3 is 0 Å². The molecule has 0 atom stereocenters. The molecule has 0 heterocycles. The molecule has 0 fully saturated rings. The molecule has 0 amide bonds. The van der Waals surface area contributed by atoms with Gasteiger partial charge in [-0.05, 0) is 49.4 Å². The normalized spacial score (nSPS) is 10.6. The van der Waals surface area contributed by atoms with Gasteiger partial charge in [-0.1, -0.05) is 30.0 Å². The fourth-order valence-electron chi connectivity index (χ4n) is 1.76. The number of benzene rings is 2. The first kappa shape index (κ1) is 13.0. The van der Waals surface area contributed by atoms with Crippen molar-refractivity contribution < 1.29 is 5.11 Å². The quantitative estimate of drug-likeness (QED) is 0.880. The van der Waals surface area contributed by atoms with Crippen molar-refractivity contribution >= 4 is 11.8 Å². The number of aryl methyl sites for hydroxylation is 1. The molecule has 2 aromatic carbocycles. The summed E-state index contributed by atoms with van der Waals surface area (Å²) in [6.07, 6.45) is 0. The molecule has 2 N–H and O–H groups in total. The summed E-state index contributed by atoms with van der Waals surface area (Å²) in [5.41, 5.74) is 2.20. The highest BCUT2D eigenvalue weighted by atomic mass is 32.2. The third-order valence-corrected chi connectivity index (χ3v) is 3.84. The third kappa shape index (κ3) is 3.06. The van der Waals surface area contributed by atoms with Crippen LogP contribution >= 0.6 is 11.8 Å². The molecule has 18 heavy (non-hydrogen) atoms. The summed E-state index contributed by atoms with van der Waals surface area (Å²) in [5, 5.41) is 12.7. The van der Waals surface area contributed by atoms with Crippen LogP contribution in [0, 0.1) is 6.92 Å². The number of hydrogen-bond acceptors (Lipinski definition) is 3. The first-order valence-electron chi connectivity index (χ1n) is 5.90. The smallest absolute Gasteiger partial charge is 0.118 e. The van der Waals surface area contributed by atoms with Crippen LogP contribution < -0.4 is 5.32 Å². The van der Waals surface area contributed by atoms with Crippen LogP contribution in [0.5, 0.6) is 5.75 Å². The van der Waals surface area contributed by atoms with Crippen LogP contribution in [0.3, 0.4) is 0 Å². The Morgan fingerprint density at radius 3 is 2.67 bits per heavy atom. The maximum absolute atomic E-state index is 9.53. The van der Waals surface area contributed by atoms with Crippen LogP contribution in [0.25, 0.3) is 0 Å². The van der Waals surface area contributed by atoms with Gasteiger partial charge in [0.05, 0.1) is 0 Å². The molecule has 94 valence electrons. The predicted molar refractivity (Wildman–Crippen MR) is 76.2 cm³/mol. The Kier molecular flexibility index (Phi) is 4.28. The highest BCUT2D eigenvalue weighted by Crippen LogP contribution is 2.32. The van der Waals surface area contributed by atoms with Crippen LogP contribution in [-0.4, -0.2) is 12.2 Å². The summed E-state index contributed by atoms with van der Waals surface area (Å²) in [4.78, 5) is 2.39. The Balaban J connectivity index is 2.25. The van der Waals surface area contributed by atoms with Gasteiger partial charge in [-0.25, -0.2) is 0 Å². The number of phenols is 1. The van der Waals surface area contributed by atoms with Gasteiger partial charge in [-0.3, -0.25) is 0 Å². The molecule has 0 aliphatic rings. The monoisotopic (exact) mass is 259 g/mol. The minimum Gasteiger partial charge on any atom is -0.508 e. The Hall–Kier alpha value is -1.45. The second-order valence-electron chi connectivity index (χ2n) is 4.19. The SMILES string of the molecule is CNCc1ccccc1Sc1ccc(O)c(C)c1. The molecule has 0 aliphatic carbocycles. The largest absolute Gasteiger partial charge is 0.508 e. The van der Waals surface area contributed by atoms with E-state index in [2.05, 4.69) is 29.6 Å². The van der Waals surface area contributed by atoms with E-state index < -0.39 is 0 Å². The van der Waals surface area contributed by atoms with Crippen molar-refractivity contribution in [3.63, 3.8) is 0 Å². The van der Waals surface area contributed by atoms with E-state index in [1.54, 1.807) is 17.8 Å². The first-order valence-corrected chi connectivity index (χ1v) is 6.72. The van der Waals surface area contributed by atoms with E-state index in [0.717, 1.165) is 17.0 Å². The zero-order chi connectivity index (χ0) is 13.0. The van der Waals surface area contributed by atoms with E-state index in [4.69, 9.17) is 0 Å². The molecule has 0 bridgehead atoms. The van der Waals surface area contributed by atoms with Gasteiger partial charge in [-0.2, -0.15) is 0 Å². The molecule has 3 heteroatoms. The molecule has 2 nitrogen and oxygen atoms in total. The number of phenolic OH excluding ortho intramolecular Hbond substituents is 1. The standard InChI is InChI=1S/C15H17NOS/c1-11-9-13(7-8-14(11)17)18-15-6-4-3-5-12(15)10-16-2/h3-9,16-17H,10H2,1-2H3. The summed E-state index contributed by atoms with van der Waals surface area (Å²) in [6.45, 7) is 2.78. The lowest BCUT2D eigenvalue weighted by atomic mass is 10.2. The summed E-state index contributed by atoms with van der Waals surface area (Å²) in [5.74, 6) is 0.350. The Bertz CT molecular complexity index is 540. The maximum atomic E-state index is 9.53. The van der Waals surface area contributed by atoms with Gasteiger partial charge in [0, 0.05) is 16.3 Å². The average Bonchev–Trinajstić information content (AvgIpc) is 2.37. The summed E-state index contributed by atoms with van der Waals surface area (Å²) in [7, 11) is 1.95. The molecule has 0 aliphatic heterocycles. The average molecular weight is 259 g/mol. The number of aromatic hydroxyl groups is 1. The second-order valence-corrected chi connectivity index (χ2v) is 5.30. The van der Waals surface area contributed by atoms with E-state index in [9.17, 15) is 5.11 Å². The lowest BCUT2D eigenvalue weighted by Gasteiger charge is -2.09. The molecule has 0 aromatic heterocycles. The van der Waals surface area contributed by atoms with Crippen molar-refractivity contribution in [1.29, 1.82) is 0 Å². The van der Waals surface area contributed by atoms with Crippen LogP contribution in [0.1, 0.15) is 11.1 Å². The lowest BCUT2D eigenvalue weighted by Crippen LogP contribution is -2.05. The topological polar surface area (TPSA) is 32.3 Å². The molecule has 0 saturated carbocycles. The molecular formula is C15H17NOS. The van der Waals surface area contributed by atoms with Gasteiger partial charge in [0.1, 0.15) is 5.75 Å². The van der Waals surface area contributed by atoms with E-state index in [1.165, 1.54) is 10.5 Å². The number of hydrogen-bond donors (Lipinski definition) is 2. The van der Waals surface area contributed by atoms with Gasteiger partial charge in [-0.15, -0.1) is 0 Å². The molecule has 0 radical (unpaired) electrons. The van der Waals surface area contributed by atoms with Crippen molar-refractivity contribution in [3.8, 4) is 5.75 Å². The van der Waals surface area contributed by atoms with Gasteiger partial charge < -0.3 is 10.4 Å². The number of rotatable bonds is 4. The fraction of sp³-hybridized carbons (Fsp3) is 0.200. The summed E-state index contributed by atoms with van der Waals surface area (Å²) >= 11 is 1.73. The maximum Gasteiger partial charge on any atom is 0.118 e. The molecule has 0 saturated heterocycles. The molecule has 0 unspecified atom stereocenters. The first-order chi connectivity index (χ1) is 8.70. The fourth-order valence-corrected chi connectivity index (χ4v) is 2.80. The highest BCUT2D eigenvalue weighted by Gasteiger charge is 2.04. The second kappa shape index (κ2) is 5.94. The van der Waals surface area contributed by atoms with Crippen molar-refractivity contribution in [3.05, 3.63) is 53.6 Å². The zero-order valence-corrected chi connectivity index (χ0v) is 11.4. The van der Waals surface area contributed by atoms with Gasteiger partial charge in [0.2, 0.25) is 0 Å². The van der Waals surface area contributed by atoms with Gasteiger partial charge in [0.15, 0.2) is 0 Å². The Morgan fingerprint density at radius 2 is 1.94 bits per heavy atom. The molecule has 2 rings (SSSR count). The van der Waals surface area contributed by atoms with Crippen LogP contribution in [0.15, 0.2) is 52.3 Å². The van der Waals surface area contributed by atoms with Crippen LogP contribution in [0.2, 0.25) is 0 Å². The predicted octanol–water partition coefficient (Wildman–Crippen LogP) is 3.57. The minimum atomic E-state index is 0.350. The van der Waals surface area contributed by atoms with E-state index in [0.29, 0.717) is 5.75 Å².